The Kier molecular flexibility index (Phi) is 5.74. The molecule has 0 N–H and O–H groups in total. The topological polar surface area (TPSA) is 110 Å². The van der Waals surface area contributed by atoms with Gasteiger partial charge in [-0.1, -0.05) is 0 Å². The van der Waals surface area contributed by atoms with Crippen molar-refractivity contribution in [1.82, 2.24) is 4.31 Å². The van der Waals surface area contributed by atoms with Gasteiger partial charge in [0.05, 0.1) is 24.1 Å². The summed E-state index contributed by atoms with van der Waals surface area (Å²) >= 11 is 0. The molecular weight excluding hydrogens is 436 g/mol. The summed E-state index contributed by atoms with van der Waals surface area (Å²) < 4.78 is 38.0. The molecule has 0 bridgehead atoms. The van der Waals surface area contributed by atoms with E-state index in [-0.39, 0.29) is 28.8 Å². The number of nitrogens with zero attached hydrogens (tertiary/aromatic N) is 2. The number of rotatable bonds is 7. The molecule has 10 heteroatoms. The van der Waals surface area contributed by atoms with E-state index in [9.17, 15) is 22.8 Å². The highest BCUT2D eigenvalue weighted by molar-refractivity contribution is 7.89. The molecule has 0 spiro atoms. The Bertz CT molecular complexity index is 1160. The molecule has 1 aliphatic carbocycles. The third-order valence-electron chi connectivity index (χ3n) is 5.33. The summed E-state index contributed by atoms with van der Waals surface area (Å²) in [6, 6.07) is 10.4. The maximum atomic E-state index is 13.4. The fourth-order valence-corrected chi connectivity index (χ4v) is 5.56. The third-order valence-corrected chi connectivity index (χ3v) is 7.30. The van der Waals surface area contributed by atoms with Crippen LogP contribution in [0.1, 0.15) is 26.2 Å². The van der Waals surface area contributed by atoms with Gasteiger partial charge in [0, 0.05) is 13.0 Å². The van der Waals surface area contributed by atoms with Crippen molar-refractivity contribution in [3.8, 4) is 11.5 Å². The molecule has 32 heavy (non-hydrogen) atoms. The summed E-state index contributed by atoms with van der Waals surface area (Å²) in [5.41, 5.74) is 0.288. The number of esters is 1. The van der Waals surface area contributed by atoms with E-state index in [0.29, 0.717) is 18.6 Å². The molecule has 1 unspecified atom stereocenters. The Morgan fingerprint density at radius 3 is 2.12 bits per heavy atom. The maximum absolute atomic E-state index is 13.4. The minimum absolute atomic E-state index is 0.0367. The number of carbonyl (C=O) groups is 3. The molecule has 9 nitrogen and oxygen atoms in total. The summed E-state index contributed by atoms with van der Waals surface area (Å²) in [4.78, 5) is 38.1. The molecule has 1 aliphatic heterocycles. The van der Waals surface area contributed by atoms with Gasteiger partial charge in [-0.25, -0.2) is 13.3 Å². The van der Waals surface area contributed by atoms with Crippen molar-refractivity contribution < 1.29 is 32.3 Å². The van der Waals surface area contributed by atoms with Crippen LogP contribution in [0, 0.1) is 0 Å². The number of hydrogen-bond acceptors (Lipinski definition) is 7. The maximum Gasteiger partial charge on any atom is 0.308 e. The second kappa shape index (κ2) is 8.36. The number of ether oxygens (including phenoxy) is 2. The summed E-state index contributed by atoms with van der Waals surface area (Å²) in [7, 11) is -2.53. The Morgan fingerprint density at radius 1 is 1.00 bits per heavy atom. The van der Waals surface area contributed by atoms with Gasteiger partial charge in [0.15, 0.2) is 0 Å². The van der Waals surface area contributed by atoms with Crippen LogP contribution >= 0.6 is 0 Å². The van der Waals surface area contributed by atoms with Crippen LogP contribution in [0.15, 0.2) is 53.4 Å². The lowest BCUT2D eigenvalue weighted by molar-refractivity contribution is -0.132. The van der Waals surface area contributed by atoms with Crippen molar-refractivity contribution in [2.45, 2.75) is 43.2 Å². The van der Waals surface area contributed by atoms with Crippen LogP contribution < -0.4 is 14.4 Å². The number of carbonyl (C=O) groups excluding carboxylic acids is 3. The molecule has 0 aromatic heterocycles. The lowest BCUT2D eigenvalue weighted by Gasteiger charge is -2.26. The molecule has 1 saturated carbocycles. The number of amides is 2. The van der Waals surface area contributed by atoms with E-state index in [4.69, 9.17) is 9.47 Å². The molecule has 168 valence electrons. The molecule has 2 fully saturated rings. The van der Waals surface area contributed by atoms with Gasteiger partial charge in [0.2, 0.25) is 15.9 Å². The first-order valence-electron chi connectivity index (χ1n) is 10.0. The van der Waals surface area contributed by atoms with Gasteiger partial charge < -0.3 is 9.47 Å². The quantitative estimate of drug-likeness (QED) is 0.355. The fourth-order valence-electron chi connectivity index (χ4n) is 3.73. The van der Waals surface area contributed by atoms with Gasteiger partial charge in [-0.2, -0.15) is 4.31 Å². The highest BCUT2D eigenvalue weighted by Gasteiger charge is 2.51. The molecule has 1 saturated heterocycles. The van der Waals surface area contributed by atoms with E-state index < -0.39 is 33.8 Å². The van der Waals surface area contributed by atoms with Crippen LogP contribution in [-0.2, 0) is 24.4 Å². The Hall–Kier alpha value is -3.24. The number of imide groups is 1. The molecule has 2 aromatic carbocycles. The minimum Gasteiger partial charge on any atom is -0.497 e. The first-order chi connectivity index (χ1) is 15.2. The van der Waals surface area contributed by atoms with Gasteiger partial charge in [0.1, 0.15) is 17.5 Å². The Morgan fingerprint density at radius 2 is 1.59 bits per heavy atom. The lowest BCUT2D eigenvalue weighted by Crippen LogP contribution is -2.46. The van der Waals surface area contributed by atoms with Crippen LogP contribution in [0.25, 0.3) is 0 Å². The Labute approximate surface area is 185 Å². The monoisotopic (exact) mass is 458 g/mol. The normalized spacial score (nSPS) is 18.8. The van der Waals surface area contributed by atoms with Gasteiger partial charge in [-0.3, -0.25) is 14.4 Å². The SMILES string of the molecule is COc1ccc(S(=O)(=O)N(C2CC2)C2CC(=O)N(c3ccc(OC(C)=O)cc3)C2=O)cc1. The van der Waals surface area contributed by atoms with Crippen LogP contribution in [-0.4, -0.2) is 49.7 Å². The molecular formula is C22H22N2O7S. The van der Waals surface area contributed by atoms with Crippen LogP contribution in [0.3, 0.4) is 0 Å². The zero-order chi connectivity index (χ0) is 23.0. The molecule has 4 rings (SSSR count). The predicted octanol–water partition coefficient (Wildman–Crippen LogP) is 2.11. The van der Waals surface area contributed by atoms with Crippen LogP contribution in [0.5, 0.6) is 11.5 Å². The van der Waals surface area contributed by atoms with Crippen molar-refractivity contribution in [2.24, 2.45) is 0 Å². The third kappa shape index (κ3) is 4.11. The molecule has 1 atom stereocenters. The largest absolute Gasteiger partial charge is 0.497 e. The second-order valence-corrected chi connectivity index (χ2v) is 9.46. The molecule has 0 radical (unpaired) electrons. The first-order valence-corrected chi connectivity index (χ1v) is 11.5. The minimum atomic E-state index is -4.01. The van der Waals surface area contributed by atoms with E-state index >= 15 is 0 Å². The number of hydrogen-bond donors (Lipinski definition) is 0. The van der Waals surface area contributed by atoms with Crippen molar-refractivity contribution in [3.63, 3.8) is 0 Å². The number of benzene rings is 2. The zero-order valence-electron chi connectivity index (χ0n) is 17.6. The van der Waals surface area contributed by atoms with Gasteiger partial charge in [-0.05, 0) is 61.4 Å². The van der Waals surface area contributed by atoms with E-state index in [1.807, 2.05) is 0 Å². The second-order valence-electron chi connectivity index (χ2n) is 7.62. The van der Waals surface area contributed by atoms with E-state index in [1.165, 1.54) is 66.9 Å². The van der Waals surface area contributed by atoms with Crippen molar-refractivity contribution in [1.29, 1.82) is 0 Å². The van der Waals surface area contributed by atoms with Crippen molar-refractivity contribution in [2.75, 3.05) is 12.0 Å². The van der Waals surface area contributed by atoms with Gasteiger partial charge in [0.25, 0.3) is 5.91 Å². The molecule has 2 amide bonds. The van der Waals surface area contributed by atoms with Gasteiger partial charge >= 0.3 is 5.97 Å². The highest BCUT2D eigenvalue weighted by atomic mass is 32.2. The average molecular weight is 458 g/mol. The van der Waals surface area contributed by atoms with Crippen molar-refractivity contribution in [3.05, 3.63) is 48.5 Å². The molecule has 2 aliphatic rings. The van der Waals surface area contributed by atoms with E-state index in [2.05, 4.69) is 0 Å². The standard InChI is InChI=1S/C22H22N2O7S/c1-14(25)31-18-7-5-15(6-8-18)23-21(26)13-20(22(23)27)24(16-3-4-16)32(28,29)19-11-9-17(30-2)10-12-19/h5-12,16,20H,3-4,13H2,1-2H3. The summed E-state index contributed by atoms with van der Waals surface area (Å²) in [5.74, 6) is -0.791. The van der Waals surface area contributed by atoms with E-state index in [0.717, 1.165) is 4.90 Å². The lowest BCUT2D eigenvalue weighted by atomic mass is 10.2. The highest BCUT2D eigenvalue weighted by Crippen LogP contribution is 2.38. The fraction of sp³-hybridized carbons (Fsp3) is 0.318. The summed E-state index contributed by atoms with van der Waals surface area (Å²) in [6.07, 6.45) is 1.02. The van der Waals surface area contributed by atoms with Crippen LogP contribution in [0.2, 0.25) is 0 Å². The average Bonchev–Trinajstić information content (AvgIpc) is 3.54. The number of methoxy groups -OCH3 is 1. The molecule has 2 aromatic rings. The predicted molar refractivity (Wildman–Crippen MR) is 114 cm³/mol. The Balaban J connectivity index is 1.62. The number of sulfonamides is 1. The smallest absolute Gasteiger partial charge is 0.308 e. The molecule has 1 heterocycles. The van der Waals surface area contributed by atoms with Crippen molar-refractivity contribution >= 4 is 33.5 Å². The summed E-state index contributed by atoms with van der Waals surface area (Å²) in [5, 5.41) is 0. The van der Waals surface area contributed by atoms with Gasteiger partial charge in [-0.15, -0.1) is 0 Å². The van der Waals surface area contributed by atoms with Crippen LogP contribution in [0.4, 0.5) is 5.69 Å². The zero-order valence-corrected chi connectivity index (χ0v) is 18.4. The van der Waals surface area contributed by atoms with E-state index in [1.54, 1.807) is 0 Å². The first kappa shape index (κ1) is 22.0. The summed E-state index contributed by atoms with van der Waals surface area (Å²) in [6.45, 7) is 1.27. The number of anilines is 1.